The number of rotatable bonds is 4. The van der Waals surface area contributed by atoms with Crippen LogP contribution in [0.15, 0.2) is 18.2 Å². The second kappa shape index (κ2) is 6.39. The molecule has 7 heteroatoms. The minimum absolute atomic E-state index is 0.00583. The average molecular weight is 313 g/mol. The third-order valence-electron chi connectivity index (χ3n) is 3.96. The molecule has 2 rings (SSSR count). The van der Waals surface area contributed by atoms with Crippen molar-refractivity contribution in [1.82, 2.24) is 4.90 Å². The number of halogens is 2. The number of aryl methyl sites for hydroxylation is 1. The van der Waals surface area contributed by atoms with Gasteiger partial charge in [-0.2, -0.15) is 0 Å². The maximum atomic E-state index is 13.5. The first-order valence-corrected chi connectivity index (χ1v) is 6.99. The Morgan fingerprint density at radius 2 is 1.86 bits per heavy atom. The molecule has 1 saturated heterocycles. The third kappa shape index (κ3) is 3.59. The van der Waals surface area contributed by atoms with Crippen molar-refractivity contribution in [2.75, 3.05) is 13.1 Å². The van der Waals surface area contributed by atoms with Crippen LogP contribution in [-0.2, 0) is 16.0 Å². The number of likely N-dealkylation sites (tertiary alicyclic amines) is 1. The van der Waals surface area contributed by atoms with Gasteiger partial charge in [0, 0.05) is 32.4 Å². The van der Waals surface area contributed by atoms with E-state index < -0.39 is 23.2 Å². The number of carbonyl (C=O) groups excluding carboxylic acids is 1. The summed E-state index contributed by atoms with van der Waals surface area (Å²) in [6.07, 6.45) is -0.00119. The minimum atomic E-state index is -1.79. The molecular weight excluding hydrogens is 296 g/mol. The van der Waals surface area contributed by atoms with Crippen molar-refractivity contribution < 1.29 is 28.6 Å². The fourth-order valence-corrected chi connectivity index (χ4v) is 2.47. The Morgan fingerprint density at radius 1 is 1.23 bits per heavy atom. The lowest BCUT2D eigenvalue weighted by atomic mass is 9.91. The first-order valence-electron chi connectivity index (χ1n) is 6.99. The number of carboxylic acid groups (broad SMARTS) is 1. The molecule has 0 radical (unpaired) electrons. The van der Waals surface area contributed by atoms with E-state index in [9.17, 15) is 23.5 Å². The Bertz CT molecular complexity index is 583. The quantitative estimate of drug-likeness (QED) is 0.879. The number of hydrogen-bond acceptors (Lipinski definition) is 3. The fraction of sp³-hybridized carbons (Fsp3) is 0.467. The van der Waals surface area contributed by atoms with Crippen LogP contribution in [0, 0.1) is 11.6 Å². The molecule has 0 aromatic heterocycles. The molecule has 0 bridgehead atoms. The van der Waals surface area contributed by atoms with E-state index >= 15 is 0 Å². The average Bonchev–Trinajstić information content (AvgIpc) is 2.48. The summed E-state index contributed by atoms with van der Waals surface area (Å²) in [4.78, 5) is 24.4. The summed E-state index contributed by atoms with van der Waals surface area (Å²) in [5.41, 5.74) is -1.65. The van der Waals surface area contributed by atoms with Gasteiger partial charge >= 0.3 is 5.97 Å². The van der Waals surface area contributed by atoms with Crippen molar-refractivity contribution in [3.8, 4) is 0 Å². The Balaban J connectivity index is 1.89. The third-order valence-corrected chi connectivity index (χ3v) is 3.96. The van der Waals surface area contributed by atoms with Crippen LogP contribution in [0.25, 0.3) is 0 Å². The molecular formula is C15H17F2NO4. The highest BCUT2D eigenvalue weighted by atomic mass is 19.1. The van der Waals surface area contributed by atoms with Crippen molar-refractivity contribution in [2.45, 2.75) is 31.3 Å². The summed E-state index contributed by atoms with van der Waals surface area (Å²) < 4.78 is 26.5. The van der Waals surface area contributed by atoms with E-state index in [1.165, 1.54) is 4.90 Å². The lowest BCUT2D eigenvalue weighted by molar-refractivity contribution is -0.165. The monoisotopic (exact) mass is 313 g/mol. The molecule has 0 unspecified atom stereocenters. The first-order chi connectivity index (χ1) is 10.3. The van der Waals surface area contributed by atoms with Crippen LogP contribution in [0.2, 0.25) is 0 Å². The van der Waals surface area contributed by atoms with E-state index in [0.717, 1.165) is 18.2 Å². The number of carbonyl (C=O) groups is 2. The Hall–Kier alpha value is -2.02. The van der Waals surface area contributed by atoms with Crippen molar-refractivity contribution >= 4 is 11.9 Å². The largest absolute Gasteiger partial charge is 0.479 e. The highest BCUT2D eigenvalue weighted by Crippen LogP contribution is 2.23. The van der Waals surface area contributed by atoms with Gasteiger partial charge in [0.15, 0.2) is 5.60 Å². The summed E-state index contributed by atoms with van der Waals surface area (Å²) >= 11 is 0. The van der Waals surface area contributed by atoms with Gasteiger partial charge < -0.3 is 15.1 Å². The van der Waals surface area contributed by atoms with Gasteiger partial charge in [0.25, 0.3) is 0 Å². The SMILES string of the molecule is O=C(CCc1cc(F)ccc1F)N1CCC(O)(C(=O)O)CC1. The predicted molar refractivity (Wildman–Crippen MR) is 73.1 cm³/mol. The van der Waals surface area contributed by atoms with E-state index in [1.807, 2.05) is 0 Å². The fourth-order valence-electron chi connectivity index (χ4n) is 2.47. The molecule has 1 heterocycles. The van der Waals surface area contributed by atoms with Gasteiger partial charge in [-0.1, -0.05) is 0 Å². The molecule has 2 N–H and O–H groups in total. The van der Waals surface area contributed by atoms with Gasteiger partial charge in [0.1, 0.15) is 11.6 Å². The molecule has 1 fully saturated rings. The number of aliphatic hydroxyl groups is 1. The molecule has 1 amide bonds. The molecule has 5 nitrogen and oxygen atoms in total. The maximum absolute atomic E-state index is 13.5. The minimum Gasteiger partial charge on any atom is -0.479 e. The Kier molecular flexibility index (Phi) is 4.75. The Morgan fingerprint density at radius 3 is 2.45 bits per heavy atom. The number of aliphatic carboxylic acids is 1. The van der Waals surface area contributed by atoms with E-state index in [-0.39, 0.29) is 50.2 Å². The second-order valence-electron chi connectivity index (χ2n) is 5.45. The number of nitrogens with zero attached hydrogens (tertiary/aromatic N) is 1. The lowest BCUT2D eigenvalue weighted by Gasteiger charge is -2.35. The molecule has 0 saturated carbocycles. The predicted octanol–water partition coefficient (Wildman–Crippen LogP) is 1.34. The van der Waals surface area contributed by atoms with Crippen LogP contribution in [0.3, 0.4) is 0 Å². The van der Waals surface area contributed by atoms with Gasteiger partial charge in [-0.25, -0.2) is 13.6 Å². The summed E-state index contributed by atoms with van der Waals surface area (Å²) in [5, 5.41) is 18.7. The van der Waals surface area contributed by atoms with Crippen molar-refractivity contribution in [3.05, 3.63) is 35.4 Å². The van der Waals surface area contributed by atoms with E-state index in [0.29, 0.717) is 0 Å². The highest BCUT2D eigenvalue weighted by Gasteiger charge is 2.40. The van der Waals surface area contributed by atoms with Gasteiger partial charge in [-0.15, -0.1) is 0 Å². The maximum Gasteiger partial charge on any atom is 0.335 e. The van der Waals surface area contributed by atoms with Crippen LogP contribution >= 0.6 is 0 Å². The van der Waals surface area contributed by atoms with Gasteiger partial charge in [0.05, 0.1) is 0 Å². The standard InChI is InChI=1S/C15H17F2NO4/c16-11-2-3-12(17)10(9-11)1-4-13(19)18-7-5-15(22,6-8-18)14(20)21/h2-3,9,22H,1,4-8H2,(H,20,21). The number of amides is 1. The van der Waals surface area contributed by atoms with E-state index in [2.05, 4.69) is 0 Å². The lowest BCUT2D eigenvalue weighted by Crippen LogP contribution is -2.50. The first kappa shape index (κ1) is 16.4. The van der Waals surface area contributed by atoms with Crippen molar-refractivity contribution in [3.63, 3.8) is 0 Å². The van der Waals surface area contributed by atoms with Crippen LogP contribution in [0.1, 0.15) is 24.8 Å². The highest BCUT2D eigenvalue weighted by molar-refractivity contribution is 5.79. The second-order valence-corrected chi connectivity index (χ2v) is 5.45. The summed E-state index contributed by atoms with van der Waals surface area (Å²) in [6.45, 7) is 0.264. The van der Waals surface area contributed by atoms with E-state index in [1.54, 1.807) is 0 Å². The molecule has 22 heavy (non-hydrogen) atoms. The molecule has 0 atom stereocenters. The number of piperidine rings is 1. The smallest absolute Gasteiger partial charge is 0.335 e. The zero-order valence-corrected chi connectivity index (χ0v) is 11.9. The summed E-state index contributed by atoms with van der Waals surface area (Å²) in [7, 11) is 0. The zero-order valence-electron chi connectivity index (χ0n) is 11.9. The van der Waals surface area contributed by atoms with Crippen molar-refractivity contribution in [2.24, 2.45) is 0 Å². The van der Waals surface area contributed by atoms with Gasteiger partial charge in [0.2, 0.25) is 5.91 Å². The summed E-state index contributed by atoms with van der Waals surface area (Å²) in [6, 6.07) is 3.09. The van der Waals surface area contributed by atoms with Crippen LogP contribution in [0.4, 0.5) is 8.78 Å². The molecule has 1 aromatic carbocycles. The molecule has 120 valence electrons. The molecule has 1 aromatic rings. The normalized spacial score (nSPS) is 17.3. The van der Waals surface area contributed by atoms with Crippen LogP contribution in [-0.4, -0.2) is 45.7 Å². The van der Waals surface area contributed by atoms with Crippen molar-refractivity contribution in [1.29, 1.82) is 0 Å². The van der Waals surface area contributed by atoms with Crippen LogP contribution < -0.4 is 0 Å². The van der Waals surface area contributed by atoms with E-state index in [4.69, 9.17) is 5.11 Å². The molecule has 1 aliphatic rings. The van der Waals surface area contributed by atoms with Gasteiger partial charge in [-0.3, -0.25) is 4.79 Å². The Labute approximate surface area is 126 Å². The molecule has 0 aliphatic carbocycles. The number of carboxylic acids is 1. The molecule has 1 aliphatic heterocycles. The molecule has 0 spiro atoms. The van der Waals surface area contributed by atoms with Crippen LogP contribution in [0.5, 0.6) is 0 Å². The summed E-state index contributed by atoms with van der Waals surface area (Å²) in [5.74, 6) is -2.68. The number of hydrogen-bond donors (Lipinski definition) is 2. The van der Waals surface area contributed by atoms with Gasteiger partial charge in [-0.05, 0) is 30.2 Å². The topological polar surface area (TPSA) is 77.8 Å². The number of benzene rings is 1. The zero-order chi connectivity index (χ0) is 16.3.